The van der Waals surface area contributed by atoms with Gasteiger partial charge in [-0.05, 0) is 35.4 Å². The lowest BCUT2D eigenvalue weighted by molar-refractivity contribution is -0.137. The predicted octanol–water partition coefficient (Wildman–Crippen LogP) is 6.24. The number of carbonyl (C=O) groups is 1. The molecular formula is C23H17Cl2F3N2O2. The van der Waals surface area contributed by atoms with Crippen molar-refractivity contribution in [2.45, 2.75) is 18.1 Å². The topological polar surface area (TPSA) is 61.4 Å². The Labute approximate surface area is 192 Å². The van der Waals surface area contributed by atoms with Crippen LogP contribution in [0.25, 0.3) is 0 Å². The van der Waals surface area contributed by atoms with Crippen molar-refractivity contribution in [3.8, 4) is 0 Å². The Kier molecular flexibility index (Phi) is 6.07. The first-order valence-electron chi connectivity index (χ1n) is 9.62. The van der Waals surface area contributed by atoms with E-state index in [-0.39, 0.29) is 17.3 Å². The lowest BCUT2D eigenvalue weighted by Crippen LogP contribution is -2.20. The summed E-state index contributed by atoms with van der Waals surface area (Å²) in [5.41, 5.74) is 1.01. The molecule has 1 amide bonds. The maximum absolute atomic E-state index is 13.5. The van der Waals surface area contributed by atoms with Crippen molar-refractivity contribution in [1.82, 2.24) is 0 Å². The van der Waals surface area contributed by atoms with Crippen LogP contribution in [0, 0.1) is 0 Å². The van der Waals surface area contributed by atoms with Gasteiger partial charge in [0.05, 0.1) is 24.1 Å². The molecular weight excluding hydrogens is 464 g/mol. The van der Waals surface area contributed by atoms with E-state index in [1.165, 1.54) is 12.1 Å². The van der Waals surface area contributed by atoms with Crippen LogP contribution in [0.15, 0.2) is 60.7 Å². The third kappa shape index (κ3) is 4.28. The highest BCUT2D eigenvalue weighted by Crippen LogP contribution is 2.46. The van der Waals surface area contributed by atoms with Crippen molar-refractivity contribution in [3.05, 3.63) is 93.0 Å². The molecule has 0 radical (unpaired) electrons. The minimum atomic E-state index is -4.59. The van der Waals surface area contributed by atoms with Gasteiger partial charge in [0.25, 0.3) is 0 Å². The summed E-state index contributed by atoms with van der Waals surface area (Å²) in [4.78, 5) is 12.8. The Morgan fingerprint density at radius 1 is 1.06 bits per heavy atom. The predicted molar refractivity (Wildman–Crippen MR) is 118 cm³/mol. The van der Waals surface area contributed by atoms with E-state index < -0.39 is 29.6 Å². The van der Waals surface area contributed by atoms with Crippen molar-refractivity contribution in [2.75, 3.05) is 17.2 Å². The van der Waals surface area contributed by atoms with Gasteiger partial charge in [0.2, 0.25) is 5.91 Å². The third-order valence-corrected chi connectivity index (χ3v) is 5.84. The Morgan fingerprint density at radius 3 is 2.44 bits per heavy atom. The molecule has 0 fully saturated rings. The molecule has 0 bridgehead atoms. The number of nitrogens with one attached hydrogen (secondary N) is 2. The second-order valence-corrected chi connectivity index (χ2v) is 8.20. The fraction of sp³-hybridized carbons (Fsp3) is 0.174. The molecule has 1 aliphatic heterocycles. The molecule has 0 aliphatic carbocycles. The van der Waals surface area contributed by atoms with Gasteiger partial charge in [-0.1, -0.05) is 59.6 Å². The van der Waals surface area contributed by atoms with Crippen LogP contribution < -0.4 is 10.6 Å². The van der Waals surface area contributed by atoms with Crippen molar-refractivity contribution in [2.24, 2.45) is 0 Å². The van der Waals surface area contributed by atoms with Gasteiger partial charge in [0.15, 0.2) is 0 Å². The number of amides is 1. The fourth-order valence-electron chi connectivity index (χ4n) is 3.83. The van der Waals surface area contributed by atoms with Gasteiger partial charge in [-0.25, -0.2) is 0 Å². The summed E-state index contributed by atoms with van der Waals surface area (Å²) in [7, 11) is 0. The number of hydrogen-bond donors (Lipinski definition) is 3. The zero-order valence-electron chi connectivity index (χ0n) is 16.4. The summed E-state index contributed by atoms with van der Waals surface area (Å²) in [6.45, 7) is -0.372. The molecule has 1 aliphatic rings. The zero-order valence-corrected chi connectivity index (χ0v) is 17.9. The lowest BCUT2D eigenvalue weighted by atomic mass is 9.89. The molecule has 3 N–H and O–H groups in total. The monoisotopic (exact) mass is 480 g/mol. The second kappa shape index (κ2) is 8.65. The van der Waals surface area contributed by atoms with Crippen LogP contribution in [0.2, 0.25) is 10.0 Å². The van der Waals surface area contributed by atoms with Crippen LogP contribution in [0.4, 0.5) is 24.5 Å². The molecule has 9 heteroatoms. The molecule has 2 atom stereocenters. The van der Waals surface area contributed by atoms with Crippen LogP contribution in [0.3, 0.4) is 0 Å². The summed E-state index contributed by atoms with van der Waals surface area (Å²) >= 11 is 12.4. The summed E-state index contributed by atoms with van der Waals surface area (Å²) < 4.78 is 40.4. The van der Waals surface area contributed by atoms with Crippen molar-refractivity contribution >= 4 is 40.5 Å². The molecule has 32 heavy (non-hydrogen) atoms. The highest BCUT2D eigenvalue weighted by atomic mass is 35.5. The molecule has 3 aromatic rings. The number of carbonyl (C=O) groups excluding carboxylic acids is 1. The van der Waals surface area contributed by atoms with Crippen LogP contribution in [0.5, 0.6) is 0 Å². The standard InChI is InChI=1S/C23H17Cl2F3N2O2/c24-14-9-16(25)21-18(10-14)30-22(32)20(21)15-7-6-13(23(26,27)28)8-17(15)29-19(11-31)12-4-2-1-3-5-12/h1-10,19-20,29,31H,11H2,(H,30,32)/t19-,20?/m1/s1. The largest absolute Gasteiger partial charge is 0.416 e. The maximum Gasteiger partial charge on any atom is 0.416 e. The van der Waals surface area contributed by atoms with E-state index in [4.69, 9.17) is 23.2 Å². The molecule has 4 rings (SSSR count). The number of alkyl halides is 3. The van der Waals surface area contributed by atoms with Gasteiger partial charge in [-0.2, -0.15) is 13.2 Å². The molecule has 166 valence electrons. The summed E-state index contributed by atoms with van der Waals surface area (Å²) in [5, 5.41) is 16.1. The van der Waals surface area contributed by atoms with Gasteiger partial charge in [0, 0.05) is 27.0 Å². The van der Waals surface area contributed by atoms with Crippen LogP contribution in [-0.4, -0.2) is 17.6 Å². The average molecular weight is 481 g/mol. The Balaban J connectivity index is 1.84. The lowest BCUT2D eigenvalue weighted by Gasteiger charge is -2.24. The molecule has 1 heterocycles. The summed E-state index contributed by atoms with van der Waals surface area (Å²) in [6.07, 6.45) is -4.59. The van der Waals surface area contributed by atoms with E-state index >= 15 is 0 Å². The van der Waals surface area contributed by atoms with Crippen molar-refractivity contribution < 1.29 is 23.1 Å². The molecule has 1 unspecified atom stereocenters. The first-order chi connectivity index (χ1) is 15.2. The molecule has 4 nitrogen and oxygen atoms in total. The SMILES string of the molecule is O=C1Nc2cc(Cl)cc(Cl)c2C1c1ccc(C(F)(F)F)cc1N[C@H](CO)c1ccccc1. The Hall–Kier alpha value is -2.74. The normalized spacial score (nSPS) is 16.4. The van der Waals surface area contributed by atoms with E-state index in [0.29, 0.717) is 27.4 Å². The minimum Gasteiger partial charge on any atom is -0.394 e. The number of aliphatic hydroxyl groups is 1. The van der Waals surface area contributed by atoms with Gasteiger partial charge < -0.3 is 15.7 Å². The second-order valence-electron chi connectivity index (χ2n) is 7.36. The number of anilines is 2. The third-order valence-electron chi connectivity index (χ3n) is 5.31. The summed E-state index contributed by atoms with van der Waals surface area (Å²) in [6, 6.07) is 14.3. The van der Waals surface area contributed by atoms with Gasteiger partial charge in [0.1, 0.15) is 0 Å². The number of hydrogen-bond acceptors (Lipinski definition) is 3. The molecule has 0 aromatic heterocycles. The number of aliphatic hydroxyl groups excluding tert-OH is 1. The maximum atomic E-state index is 13.5. The minimum absolute atomic E-state index is 0.0711. The highest BCUT2D eigenvalue weighted by molar-refractivity contribution is 6.36. The van der Waals surface area contributed by atoms with E-state index in [1.807, 2.05) is 0 Å². The Bertz CT molecular complexity index is 1170. The van der Waals surface area contributed by atoms with E-state index in [9.17, 15) is 23.1 Å². The zero-order chi connectivity index (χ0) is 23.0. The summed E-state index contributed by atoms with van der Waals surface area (Å²) in [5.74, 6) is -1.39. The van der Waals surface area contributed by atoms with E-state index in [2.05, 4.69) is 10.6 Å². The van der Waals surface area contributed by atoms with Gasteiger partial charge in [-0.15, -0.1) is 0 Å². The van der Waals surface area contributed by atoms with Crippen LogP contribution >= 0.6 is 23.2 Å². The molecule has 0 spiro atoms. The molecule has 0 saturated carbocycles. The first-order valence-corrected chi connectivity index (χ1v) is 10.4. The van der Waals surface area contributed by atoms with Gasteiger partial charge >= 0.3 is 6.18 Å². The Morgan fingerprint density at radius 2 is 1.78 bits per heavy atom. The quantitative estimate of drug-likeness (QED) is 0.404. The van der Waals surface area contributed by atoms with Crippen molar-refractivity contribution in [3.63, 3.8) is 0 Å². The number of halogens is 5. The molecule has 3 aromatic carbocycles. The van der Waals surface area contributed by atoms with Crippen LogP contribution in [0.1, 0.15) is 34.2 Å². The number of benzene rings is 3. The van der Waals surface area contributed by atoms with Gasteiger partial charge in [-0.3, -0.25) is 4.79 Å². The molecule has 0 saturated heterocycles. The average Bonchev–Trinajstić information content (AvgIpc) is 3.07. The fourth-order valence-corrected chi connectivity index (χ4v) is 4.43. The number of rotatable bonds is 5. The van der Waals surface area contributed by atoms with E-state index in [1.54, 1.807) is 36.4 Å². The van der Waals surface area contributed by atoms with Crippen LogP contribution in [-0.2, 0) is 11.0 Å². The highest BCUT2D eigenvalue weighted by Gasteiger charge is 2.38. The number of fused-ring (bicyclic) bond motifs is 1. The smallest absolute Gasteiger partial charge is 0.394 e. The van der Waals surface area contributed by atoms with Crippen molar-refractivity contribution in [1.29, 1.82) is 0 Å². The first kappa shape index (κ1) is 22.5. The van der Waals surface area contributed by atoms with E-state index in [0.717, 1.165) is 12.1 Å².